The van der Waals surface area contributed by atoms with Gasteiger partial charge in [0.2, 0.25) is 11.8 Å². The van der Waals surface area contributed by atoms with Gasteiger partial charge in [-0.05, 0) is 83.0 Å². The van der Waals surface area contributed by atoms with Crippen LogP contribution in [0.4, 0.5) is 0 Å². The number of nitrogens with zero attached hydrogens (tertiary/aromatic N) is 4. The zero-order valence-electron chi connectivity index (χ0n) is 32.7. The Morgan fingerprint density at radius 3 is 1.59 bits per heavy atom. The molecule has 10 nitrogen and oxygen atoms in total. The molecular formula is C48H41IN6O4. The number of benzene rings is 4. The van der Waals surface area contributed by atoms with Crippen LogP contribution in [0.3, 0.4) is 0 Å². The lowest BCUT2D eigenvalue weighted by Crippen LogP contribution is -2.26. The Labute approximate surface area is 355 Å². The summed E-state index contributed by atoms with van der Waals surface area (Å²) < 4.78 is 16.3. The van der Waals surface area contributed by atoms with Gasteiger partial charge in [0.25, 0.3) is 11.8 Å². The highest BCUT2D eigenvalue weighted by Crippen LogP contribution is 2.42. The lowest BCUT2D eigenvalue weighted by atomic mass is 10.0. The molecule has 2 aliphatic heterocycles. The van der Waals surface area contributed by atoms with Crippen LogP contribution < -0.4 is 20.1 Å². The van der Waals surface area contributed by atoms with Crippen LogP contribution in [0, 0.1) is 3.57 Å². The summed E-state index contributed by atoms with van der Waals surface area (Å²) in [5.41, 5.74) is 15.3. The van der Waals surface area contributed by atoms with Gasteiger partial charge < -0.3 is 29.2 Å². The highest BCUT2D eigenvalue weighted by atomic mass is 127. The summed E-state index contributed by atoms with van der Waals surface area (Å²) in [6.07, 6.45) is 1.40. The van der Waals surface area contributed by atoms with E-state index >= 15 is 0 Å². The third-order valence-corrected chi connectivity index (χ3v) is 12.0. The molecule has 6 heterocycles. The number of ether oxygens (including phenoxy) is 2. The van der Waals surface area contributed by atoms with E-state index in [4.69, 9.17) is 19.4 Å². The Morgan fingerprint density at radius 1 is 0.593 bits per heavy atom. The van der Waals surface area contributed by atoms with Gasteiger partial charge in [-0.3, -0.25) is 9.59 Å². The van der Waals surface area contributed by atoms with Crippen LogP contribution in [0.25, 0.3) is 44.6 Å². The van der Waals surface area contributed by atoms with Crippen molar-refractivity contribution in [3.05, 3.63) is 164 Å². The summed E-state index contributed by atoms with van der Waals surface area (Å²) in [5, 5.41) is 6.11. The highest BCUT2D eigenvalue weighted by Gasteiger charge is 2.28. The average molecular weight is 893 g/mol. The molecule has 8 aromatic rings. The van der Waals surface area contributed by atoms with Gasteiger partial charge in [0, 0.05) is 69.7 Å². The van der Waals surface area contributed by atoms with Crippen LogP contribution in [0.15, 0.2) is 127 Å². The molecule has 0 bridgehead atoms. The molecule has 11 heteroatoms. The smallest absolute Gasteiger partial charge is 0.252 e. The summed E-state index contributed by atoms with van der Waals surface area (Å²) in [4.78, 5) is 34.5. The number of aromatic nitrogens is 4. The first-order valence-corrected chi connectivity index (χ1v) is 20.7. The van der Waals surface area contributed by atoms with Crippen LogP contribution >= 0.6 is 22.6 Å². The Balaban J connectivity index is 0.000000152. The van der Waals surface area contributed by atoms with E-state index in [9.17, 15) is 9.59 Å². The number of hydrogen-bond donors (Lipinski definition) is 2. The standard InChI is InChI=1S/C24H20IN3O2.C24H21N3O2/c1-30-21-11-10-20-22(27-21)18(23-16-7-3-2-6-15(16)14-28(20)23)12-13-26-24(29)17-8-4-5-9-19(17)25;1-29-21-12-11-20-22(26-21)19(13-14-25-24(28)16-7-3-2-4-8-16)23-18-10-6-5-9-17(18)15-27(20)23/h2-11H,12-14H2,1H3,(H,26,29);2-12H,13-15H2,1H3,(H,25,28). The number of pyridine rings is 2. The minimum Gasteiger partial charge on any atom is -0.481 e. The first-order chi connectivity index (χ1) is 28.9. The molecule has 0 spiro atoms. The van der Waals surface area contributed by atoms with E-state index in [0.29, 0.717) is 48.8 Å². The van der Waals surface area contributed by atoms with Crippen LogP contribution in [-0.2, 0) is 25.9 Å². The van der Waals surface area contributed by atoms with E-state index < -0.39 is 0 Å². The van der Waals surface area contributed by atoms with Gasteiger partial charge in [-0.1, -0.05) is 78.9 Å². The molecule has 0 saturated heterocycles. The predicted octanol–water partition coefficient (Wildman–Crippen LogP) is 8.70. The number of nitrogens with one attached hydrogen (secondary N) is 2. The monoisotopic (exact) mass is 892 g/mol. The number of fused-ring (bicyclic) bond motifs is 10. The molecule has 59 heavy (non-hydrogen) atoms. The zero-order valence-corrected chi connectivity index (χ0v) is 34.8. The van der Waals surface area contributed by atoms with Crippen molar-refractivity contribution in [3.63, 3.8) is 0 Å². The summed E-state index contributed by atoms with van der Waals surface area (Å²) in [6.45, 7) is 2.76. The first-order valence-electron chi connectivity index (χ1n) is 19.6. The summed E-state index contributed by atoms with van der Waals surface area (Å²) >= 11 is 2.19. The van der Waals surface area contributed by atoms with Crippen molar-refractivity contribution >= 4 is 56.5 Å². The molecule has 0 aliphatic carbocycles. The Bertz CT molecular complexity index is 2880. The fourth-order valence-corrected chi connectivity index (χ4v) is 8.97. The molecule has 2 aliphatic rings. The minimum absolute atomic E-state index is 0.0499. The molecular weight excluding hydrogens is 851 g/mol. The molecule has 2 N–H and O–H groups in total. The van der Waals surface area contributed by atoms with Crippen LogP contribution in [0.2, 0.25) is 0 Å². The van der Waals surface area contributed by atoms with Crippen LogP contribution in [0.1, 0.15) is 43.0 Å². The van der Waals surface area contributed by atoms with Crippen molar-refractivity contribution < 1.29 is 19.1 Å². The summed E-state index contributed by atoms with van der Waals surface area (Å²) in [5.74, 6) is 1.09. The number of hydrogen-bond acceptors (Lipinski definition) is 6. The molecule has 4 aromatic heterocycles. The number of methoxy groups -OCH3 is 2. The van der Waals surface area contributed by atoms with Crippen LogP contribution in [0.5, 0.6) is 11.8 Å². The number of carbonyl (C=O) groups is 2. The Hall–Kier alpha value is -6.47. The third kappa shape index (κ3) is 7.20. The Morgan fingerprint density at radius 2 is 1.07 bits per heavy atom. The molecule has 2 amide bonds. The second-order valence-electron chi connectivity index (χ2n) is 14.4. The summed E-state index contributed by atoms with van der Waals surface area (Å²) in [7, 11) is 3.27. The maximum atomic E-state index is 12.6. The molecule has 0 saturated carbocycles. The van der Waals surface area contributed by atoms with Gasteiger partial charge in [-0.15, -0.1) is 0 Å². The highest BCUT2D eigenvalue weighted by molar-refractivity contribution is 14.1. The Kier molecular flexibility index (Phi) is 10.6. The zero-order chi connectivity index (χ0) is 40.5. The van der Waals surface area contributed by atoms with Crippen molar-refractivity contribution in [2.75, 3.05) is 27.3 Å². The second-order valence-corrected chi connectivity index (χ2v) is 15.6. The number of amides is 2. The second kappa shape index (κ2) is 16.4. The molecule has 294 valence electrons. The van der Waals surface area contributed by atoms with Gasteiger partial charge in [0.15, 0.2) is 0 Å². The van der Waals surface area contributed by atoms with Crippen molar-refractivity contribution in [1.29, 1.82) is 0 Å². The maximum absolute atomic E-state index is 12.6. The van der Waals surface area contributed by atoms with Gasteiger partial charge in [-0.2, -0.15) is 0 Å². The fraction of sp³-hybridized carbons (Fsp3) is 0.167. The number of rotatable bonds is 10. The molecule has 0 atom stereocenters. The number of halogens is 1. The largest absolute Gasteiger partial charge is 0.481 e. The topological polar surface area (TPSA) is 112 Å². The van der Waals surface area contributed by atoms with E-state index in [1.54, 1.807) is 14.2 Å². The van der Waals surface area contributed by atoms with E-state index in [1.165, 1.54) is 33.6 Å². The van der Waals surface area contributed by atoms with Crippen molar-refractivity contribution in [2.45, 2.75) is 25.9 Å². The molecule has 10 rings (SSSR count). The molecule has 0 unspecified atom stereocenters. The SMILES string of the molecule is COc1ccc2c(n1)c(CCNC(=O)c1ccccc1)c1n2Cc2ccccc2-1.COc1ccc2c(n1)c(CCNC(=O)c1ccccc1I)c1n2Cc2ccccc2-1. The fourth-order valence-electron chi connectivity index (χ4n) is 8.34. The van der Waals surface area contributed by atoms with E-state index in [-0.39, 0.29) is 11.8 Å². The van der Waals surface area contributed by atoms with E-state index in [2.05, 4.69) is 103 Å². The normalized spacial score (nSPS) is 11.9. The third-order valence-electron chi connectivity index (χ3n) is 11.1. The van der Waals surface area contributed by atoms with Gasteiger partial charge >= 0.3 is 0 Å². The summed E-state index contributed by atoms with van der Waals surface area (Å²) in [6, 6.07) is 41.8. The van der Waals surface area contributed by atoms with E-state index in [1.807, 2.05) is 66.7 Å². The van der Waals surface area contributed by atoms with Gasteiger partial charge in [0.05, 0.1) is 53.2 Å². The lowest BCUT2D eigenvalue weighted by Gasteiger charge is -2.08. The quantitative estimate of drug-likeness (QED) is 0.133. The first kappa shape index (κ1) is 38.1. The maximum Gasteiger partial charge on any atom is 0.252 e. The predicted molar refractivity (Wildman–Crippen MR) is 239 cm³/mol. The minimum atomic E-state index is -0.0586. The van der Waals surface area contributed by atoms with Gasteiger partial charge in [0.1, 0.15) is 0 Å². The average Bonchev–Trinajstić information content (AvgIpc) is 4.01. The van der Waals surface area contributed by atoms with Gasteiger partial charge in [-0.25, -0.2) is 9.97 Å². The van der Waals surface area contributed by atoms with Crippen LogP contribution in [-0.4, -0.2) is 58.2 Å². The molecule has 0 fully saturated rings. The molecule has 0 radical (unpaired) electrons. The van der Waals surface area contributed by atoms with Crippen molar-refractivity contribution in [2.24, 2.45) is 0 Å². The van der Waals surface area contributed by atoms with E-state index in [0.717, 1.165) is 49.9 Å². The lowest BCUT2D eigenvalue weighted by molar-refractivity contribution is 0.0945. The molecule has 4 aromatic carbocycles. The number of carbonyl (C=O) groups excluding carboxylic acids is 2. The van der Waals surface area contributed by atoms with Crippen molar-refractivity contribution in [1.82, 2.24) is 29.7 Å². The van der Waals surface area contributed by atoms with Crippen molar-refractivity contribution in [3.8, 4) is 34.3 Å².